The Morgan fingerprint density at radius 2 is 0.515 bits per heavy atom. The summed E-state index contributed by atoms with van der Waals surface area (Å²) in [5.41, 5.74) is 13.5. The van der Waals surface area contributed by atoms with Gasteiger partial charge in [0.25, 0.3) is 0 Å². The molecule has 0 radical (unpaired) electrons. The van der Waals surface area contributed by atoms with Crippen LogP contribution in [-0.2, 0) is 0 Å². The predicted molar refractivity (Wildman–Crippen MR) is 280 cm³/mol. The van der Waals surface area contributed by atoms with Crippen LogP contribution < -0.4 is 0 Å². The molecule has 306 valence electrons. The molecule has 0 saturated heterocycles. The Labute approximate surface area is 382 Å². The zero-order valence-corrected chi connectivity index (χ0v) is 36.0. The molecule has 13 rings (SSSR count). The van der Waals surface area contributed by atoms with Crippen molar-refractivity contribution in [1.82, 2.24) is 9.97 Å². The summed E-state index contributed by atoms with van der Waals surface area (Å²) in [5, 5.41) is 14.8. The lowest BCUT2D eigenvalue weighted by molar-refractivity contribution is 1.31. The second kappa shape index (κ2) is 15.5. The lowest BCUT2D eigenvalue weighted by Crippen LogP contribution is -1.93. The highest BCUT2D eigenvalue weighted by molar-refractivity contribution is 6.25. The maximum absolute atomic E-state index is 5.13. The van der Waals surface area contributed by atoms with E-state index in [4.69, 9.17) is 9.97 Å². The molecule has 0 saturated carbocycles. The lowest BCUT2D eigenvalue weighted by atomic mass is 9.85. The van der Waals surface area contributed by atoms with E-state index in [1.165, 1.54) is 98.0 Å². The van der Waals surface area contributed by atoms with Gasteiger partial charge in [-0.15, -0.1) is 0 Å². The van der Waals surface area contributed by atoms with E-state index in [9.17, 15) is 0 Å². The number of aromatic nitrogens is 2. The zero-order chi connectivity index (χ0) is 43.6. The fourth-order valence-corrected chi connectivity index (χ4v) is 10.6. The molecule has 0 amide bonds. The molecule has 0 fully saturated rings. The van der Waals surface area contributed by atoms with Crippen LogP contribution in [0.5, 0.6) is 0 Å². The van der Waals surface area contributed by atoms with Gasteiger partial charge in [0.2, 0.25) is 0 Å². The standard InChI is InChI=1S/C64H40N2/c1-3-22-47-41(16-1)18-14-32-49(47)63-55-28-9-5-24-51(55)61(52-25-6-10-29-56(52)63)45-34-36-59(65-39-45)43-20-13-21-44(38-43)60-37-35-46(40-66-60)62-53-26-7-11-30-57(53)64(58-31-12-8-27-54(58)62)50-33-15-19-42-17-2-4-23-48(42)50/h1-40H. The summed E-state index contributed by atoms with van der Waals surface area (Å²) in [4.78, 5) is 10.3. The highest BCUT2D eigenvalue weighted by Gasteiger charge is 2.20. The van der Waals surface area contributed by atoms with Crippen LogP contribution in [-0.4, -0.2) is 9.97 Å². The van der Waals surface area contributed by atoms with Crippen molar-refractivity contribution >= 4 is 64.6 Å². The van der Waals surface area contributed by atoms with Crippen LogP contribution in [0.1, 0.15) is 0 Å². The van der Waals surface area contributed by atoms with Crippen LogP contribution >= 0.6 is 0 Å². The Kier molecular flexibility index (Phi) is 8.89. The van der Waals surface area contributed by atoms with Gasteiger partial charge in [0.15, 0.2) is 0 Å². The van der Waals surface area contributed by atoms with Crippen molar-refractivity contribution in [1.29, 1.82) is 0 Å². The third-order valence-corrected chi connectivity index (χ3v) is 13.5. The first kappa shape index (κ1) is 37.8. The molecule has 0 unspecified atom stereocenters. The Hall–Kier alpha value is -8.72. The molecule has 0 bridgehead atoms. The molecule has 0 spiro atoms. The van der Waals surface area contributed by atoms with Crippen LogP contribution in [0.25, 0.3) is 132 Å². The smallest absolute Gasteiger partial charge is 0.0702 e. The highest BCUT2D eigenvalue weighted by Crippen LogP contribution is 2.47. The maximum atomic E-state index is 5.13. The topological polar surface area (TPSA) is 25.8 Å². The number of pyridine rings is 2. The third kappa shape index (κ3) is 6.11. The summed E-state index contributed by atoms with van der Waals surface area (Å²) in [6.07, 6.45) is 4.09. The molecule has 2 nitrogen and oxygen atoms in total. The first-order valence-electron chi connectivity index (χ1n) is 22.6. The Morgan fingerprint density at radius 1 is 0.212 bits per heavy atom. The molecule has 11 aromatic carbocycles. The van der Waals surface area contributed by atoms with Gasteiger partial charge in [-0.2, -0.15) is 0 Å². The summed E-state index contributed by atoms with van der Waals surface area (Å²) in [6, 6.07) is 83.3. The van der Waals surface area contributed by atoms with Gasteiger partial charge >= 0.3 is 0 Å². The van der Waals surface area contributed by atoms with Crippen LogP contribution in [0.2, 0.25) is 0 Å². The van der Waals surface area contributed by atoms with E-state index in [2.05, 4.69) is 231 Å². The van der Waals surface area contributed by atoms with Gasteiger partial charge in [-0.1, -0.05) is 212 Å². The molecule has 66 heavy (non-hydrogen) atoms. The minimum atomic E-state index is 0.919. The number of benzene rings is 11. The summed E-state index contributed by atoms with van der Waals surface area (Å²) >= 11 is 0. The van der Waals surface area contributed by atoms with Crippen molar-refractivity contribution < 1.29 is 0 Å². The van der Waals surface area contributed by atoms with Crippen LogP contribution in [0.15, 0.2) is 243 Å². The summed E-state index contributed by atoms with van der Waals surface area (Å²) in [5.74, 6) is 0. The summed E-state index contributed by atoms with van der Waals surface area (Å²) < 4.78 is 0. The Bertz CT molecular complexity index is 3650. The molecule has 0 atom stereocenters. The van der Waals surface area contributed by atoms with Gasteiger partial charge < -0.3 is 0 Å². The third-order valence-electron chi connectivity index (χ3n) is 13.5. The van der Waals surface area contributed by atoms with E-state index in [1.54, 1.807) is 0 Å². The van der Waals surface area contributed by atoms with Crippen LogP contribution in [0.4, 0.5) is 0 Å². The van der Waals surface area contributed by atoms with Crippen molar-refractivity contribution in [2.75, 3.05) is 0 Å². The fraction of sp³-hybridized carbons (Fsp3) is 0. The average Bonchev–Trinajstić information content (AvgIpc) is 3.39. The molecular formula is C64H40N2. The monoisotopic (exact) mass is 836 g/mol. The van der Waals surface area contributed by atoms with E-state index >= 15 is 0 Å². The lowest BCUT2D eigenvalue weighted by Gasteiger charge is -2.19. The number of rotatable bonds is 6. The van der Waals surface area contributed by atoms with E-state index in [0.717, 1.165) is 33.6 Å². The second-order valence-corrected chi connectivity index (χ2v) is 17.2. The number of nitrogens with zero attached hydrogens (tertiary/aromatic N) is 2. The quantitative estimate of drug-likeness (QED) is 0.156. The number of hydrogen-bond donors (Lipinski definition) is 0. The molecule has 0 aliphatic carbocycles. The van der Waals surface area contributed by atoms with Gasteiger partial charge in [0.05, 0.1) is 11.4 Å². The minimum absolute atomic E-state index is 0.919. The predicted octanol–water partition coefficient (Wildman–Crippen LogP) is 17.4. The van der Waals surface area contributed by atoms with Crippen LogP contribution in [0, 0.1) is 0 Å². The van der Waals surface area contributed by atoms with Gasteiger partial charge in [0.1, 0.15) is 0 Å². The van der Waals surface area contributed by atoms with E-state index in [0.29, 0.717) is 0 Å². The maximum Gasteiger partial charge on any atom is 0.0702 e. The SMILES string of the molecule is c1cc(-c2ccc(-c3c4ccccc4c(-c4cccc5ccccc45)c4ccccc34)cn2)cc(-c2ccc(-c3c4ccccc4c(-c4cccc5ccccc45)c4ccccc34)cn2)c1. The first-order chi connectivity index (χ1) is 32.8. The van der Waals surface area contributed by atoms with Crippen molar-refractivity contribution in [3.05, 3.63) is 243 Å². The molecule has 2 heterocycles. The molecule has 0 aliphatic rings. The largest absolute Gasteiger partial charge is 0.256 e. The molecule has 2 aromatic heterocycles. The normalized spacial score (nSPS) is 11.6. The van der Waals surface area contributed by atoms with E-state index in [1.807, 2.05) is 12.4 Å². The van der Waals surface area contributed by atoms with Gasteiger partial charge in [-0.25, -0.2) is 0 Å². The average molecular weight is 837 g/mol. The van der Waals surface area contributed by atoms with Crippen molar-refractivity contribution in [2.24, 2.45) is 0 Å². The first-order valence-corrected chi connectivity index (χ1v) is 22.6. The Balaban J connectivity index is 0.869. The zero-order valence-electron chi connectivity index (χ0n) is 36.0. The van der Waals surface area contributed by atoms with E-state index < -0.39 is 0 Å². The van der Waals surface area contributed by atoms with Crippen LogP contribution in [0.3, 0.4) is 0 Å². The van der Waals surface area contributed by atoms with Crippen molar-refractivity contribution in [2.45, 2.75) is 0 Å². The number of hydrogen-bond acceptors (Lipinski definition) is 2. The molecule has 13 aromatic rings. The van der Waals surface area contributed by atoms with E-state index in [-0.39, 0.29) is 0 Å². The summed E-state index contributed by atoms with van der Waals surface area (Å²) in [7, 11) is 0. The molecule has 0 N–H and O–H groups in total. The van der Waals surface area contributed by atoms with Crippen molar-refractivity contribution in [3.8, 4) is 67.0 Å². The molecule has 2 heteroatoms. The molecule has 0 aliphatic heterocycles. The second-order valence-electron chi connectivity index (χ2n) is 17.2. The van der Waals surface area contributed by atoms with Gasteiger partial charge in [0, 0.05) is 34.6 Å². The Morgan fingerprint density at radius 3 is 0.864 bits per heavy atom. The molecular weight excluding hydrogens is 797 g/mol. The fourth-order valence-electron chi connectivity index (χ4n) is 10.6. The van der Waals surface area contributed by atoms with Gasteiger partial charge in [-0.3, -0.25) is 9.97 Å². The highest BCUT2D eigenvalue weighted by atomic mass is 14.7. The van der Waals surface area contributed by atoms with Crippen molar-refractivity contribution in [3.63, 3.8) is 0 Å². The summed E-state index contributed by atoms with van der Waals surface area (Å²) in [6.45, 7) is 0. The number of fused-ring (bicyclic) bond motifs is 6. The minimum Gasteiger partial charge on any atom is -0.256 e. The van der Waals surface area contributed by atoms with Gasteiger partial charge in [-0.05, 0) is 116 Å².